The summed E-state index contributed by atoms with van der Waals surface area (Å²) >= 11 is 17.2. The molecule has 0 fully saturated rings. The van der Waals surface area contributed by atoms with Gasteiger partial charge < -0.3 is 4.98 Å². The molecule has 2 aromatic heterocycles. The summed E-state index contributed by atoms with van der Waals surface area (Å²) in [4.78, 5) is 11.9. The van der Waals surface area contributed by atoms with E-state index in [4.69, 9.17) is 23.2 Å². The summed E-state index contributed by atoms with van der Waals surface area (Å²) in [7, 11) is 0. The third kappa shape index (κ3) is 2.96. The molecule has 0 saturated heterocycles. The molecule has 0 spiro atoms. The number of aromatic nitrogens is 3. The smallest absolute Gasteiger partial charge is 0.178 e. The van der Waals surface area contributed by atoms with E-state index in [-0.39, 0.29) is 0 Å². The van der Waals surface area contributed by atoms with Gasteiger partial charge in [0.1, 0.15) is 0 Å². The van der Waals surface area contributed by atoms with Crippen LogP contribution in [0.3, 0.4) is 0 Å². The molecule has 2 heterocycles. The fourth-order valence-corrected chi connectivity index (χ4v) is 3.68. The lowest BCUT2D eigenvalue weighted by Crippen LogP contribution is -1.85. The van der Waals surface area contributed by atoms with Crippen LogP contribution in [0, 0.1) is 0 Å². The zero-order valence-electron chi connectivity index (χ0n) is 10.0. The van der Waals surface area contributed by atoms with Crippen LogP contribution in [0.25, 0.3) is 11.2 Å². The van der Waals surface area contributed by atoms with E-state index in [9.17, 15) is 0 Å². The zero-order valence-corrected chi connectivity index (χ0v) is 13.9. The maximum atomic E-state index is 6.15. The predicted molar refractivity (Wildman–Crippen MR) is 87.6 cm³/mol. The Kier molecular flexibility index (Phi) is 4.21. The number of nitrogens with one attached hydrogen (secondary N) is 1. The average molecular weight is 389 g/mol. The van der Waals surface area contributed by atoms with Crippen molar-refractivity contribution in [3.63, 3.8) is 0 Å². The standard InChI is InChI=1S/C13H8BrCl2N3S/c14-7-4-11-12(17-5-7)19-13(18-11)20-6-8-9(15)2-1-3-10(8)16/h1-5H,6H2,(H,17,18,19). The molecule has 3 rings (SSSR count). The van der Waals surface area contributed by atoms with Gasteiger partial charge in [0.15, 0.2) is 10.8 Å². The van der Waals surface area contributed by atoms with Crippen molar-refractivity contribution in [1.29, 1.82) is 0 Å². The zero-order chi connectivity index (χ0) is 14.1. The maximum Gasteiger partial charge on any atom is 0.178 e. The topological polar surface area (TPSA) is 41.6 Å². The third-order valence-electron chi connectivity index (χ3n) is 2.70. The second-order valence-corrected chi connectivity index (χ2v) is 6.75. The second kappa shape index (κ2) is 5.93. The van der Waals surface area contributed by atoms with E-state index in [1.807, 2.05) is 24.3 Å². The molecule has 3 nitrogen and oxygen atoms in total. The fraction of sp³-hybridized carbons (Fsp3) is 0.0769. The second-order valence-electron chi connectivity index (χ2n) is 4.06. The van der Waals surface area contributed by atoms with Crippen LogP contribution in [0.5, 0.6) is 0 Å². The van der Waals surface area contributed by atoms with Gasteiger partial charge in [-0.15, -0.1) is 0 Å². The van der Waals surface area contributed by atoms with Gasteiger partial charge in [0.25, 0.3) is 0 Å². The molecule has 0 unspecified atom stereocenters. The molecule has 1 N–H and O–H groups in total. The lowest BCUT2D eigenvalue weighted by atomic mass is 10.2. The lowest BCUT2D eigenvalue weighted by molar-refractivity contribution is 1.07. The van der Waals surface area contributed by atoms with Crippen LogP contribution < -0.4 is 0 Å². The minimum Gasteiger partial charge on any atom is -0.331 e. The lowest BCUT2D eigenvalue weighted by Gasteiger charge is -2.04. The molecule has 3 aromatic rings. The molecule has 102 valence electrons. The molecule has 0 bridgehead atoms. The van der Waals surface area contributed by atoms with Crippen LogP contribution in [0.2, 0.25) is 10.0 Å². The summed E-state index contributed by atoms with van der Waals surface area (Å²) in [6, 6.07) is 7.45. The van der Waals surface area contributed by atoms with Crippen molar-refractivity contribution in [3.05, 3.63) is 50.5 Å². The number of hydrogen-bond donors (Lipinski definition) is 1. The number of thioether (sulfide) groups is 1. The highest BCUT2D eigenvalue weighted by Gasteiger charge is 2.09. The number of fused-ring (bicyclic) bond motifs is 1. The van der Waals surface area contributed by atoms with Crippen molar-refractivity contribution in [3.8, 4) is 0 Å². The number of imidazole rings is 1. The molecule has 0 aliphatic carbocycles. The molecule has 0 radical (unpaired) electrons. The molecule has 0 saturated carbocycles. The van der Waals surface area contributed by atoms with Crippen molar-refractivity contribution >= 4 is 62.1 Å². The quantitative estimate of drug-likeness (QED) is 0.617. The van der Waals surface area contributed by atoms with Crippen molar-refractivity contribution in [2.24, 2.45) is 0 Å². The number of H-pyrrole nitrogens is 1. The number of aromatic amines is 1. The Labute approximate surface area is 138 Å². The van der Waals surface area contributed by atoms with E-state index in [0.29, 0.717) is 21.4 Å². The van der Waals surface area contributed by atoms with E-state index in [1.54, 1.807) is 18.0 Å². The van der Waals surface area contributed by atoms with E-state index in [1.165, 1.54) is 0 Å². The summed E-state index contributed by atoms with van der Waals surface area (Å²) in [6.45, 7) is 0. The first-order chi connectivity index (χ1) is 9.63. The highest BCUT2D eigenvalue weighted by atomic mass is 79.9. The molecule has 0 aliphatic rings. The Morgan fingerprint density at radius 1 is 1.25 bits per heavy atom. The first-order valence-corrected chi connectivity index (χ1v) is 8.24. The minimum atomic E-state index is 0.652. The summed E-state index contributed by atoms with van der Waals surface area (Å²) in [6.07, 6.45) is 1.72. The first-order valence-electron chi connectivity index (χ1n) is 5.70. The van der Waals surface area contributed by atoms with Crippen LogP contribution in [0.4, 0.5) is 0 Å². The van der Waals surface area contributed by atoms with Gasteiger partial charge in [0, 0.05) is 26.5 Å². The maximum absolute atomic E-state index is 6.15. The number of rotatable bonds is 3. The largest absolute Gasteiger partial charge is 0.331 e. The van der Waals surface area contributed by atoms with E-state index in [0.717, 1.165) is 20.7 Å². The molecule has 0 amide bonds. The Bertz CT molecular complexity index is 755. The van der Waals surface area contributed by atoms with E-state index in [2.05, 4.69) is 30.9 Å². The Morgan fingerprint density at radius 3 is 2.75 bits per heavy atom. The van der Waals surface area contributed by atoms with Crippen LogP contribution in [-0.2, 0) is 5.75 Å². The number of hydrogen-bond acceptors (Lipinski definition) is 3. The van der Waals surface area contributed by atoms with Gasteiger partial charge in [-0.2, -0.15) is 0 Å². The van der Waals surface area contributed by atoms with Crippen LogP contribution in [0.15, 0.2) is 40.1 Å². The Morgan fingerprint density at radius 2 is 2.00 bits per heavy atom. The highest BCUT2D eigenvalue weighted by Crippen LogP contribution is 2.31. The predicted octanol–water partition coefficient (Wildman–Crippen LogP) is 5.32. The van der Waals surface area contributed by atoms with Crippen LogP contribution >= 0.6 is 50.9 Å². The Balaban J connectivity index is 1.83. The van der Waals surface area contributed by atoms with Crippen molar-refractivity contribution < 1.29 is 0 Å². The molecule has 0 atom stereocenters. The minimum absolute atomic E-state index is 0.652. The molecular formula is C13H8BrCl2N3S. The average Bonchev–Trinajstić information content (AvgIpc) is 2.80. The first kappa shape index (κ1) is 14.2. The van der Waals surface area contributed by atoms with E-state index >= 15 is 0 Å². The van der Waals surface area contributed by atoms with Gasteiger partial charge in [0.2, 0.25) is 0 Å². The van der Waals surface area contributed by atoms with Gasteiger partial charge >= 0.3 is 0 Å². The molecule has 20 heavy (non-hydrogen) atoms. The van der Waals surface area contributed by atoms with Gasteiger partial charge in [0.05, 0.1) is 5.52 Å². The van der Waals surface area contributed by atoms with Crippen molar-refractivity contribution in [2.45, 2.75) is 10.9 Å². The van der Waals surface area contributed by atoms with Gasteiger partial charge in [-0.05, 0) is 39.7 Å². The summed E-state index contributed by atoms with van der Waals surface area (Å²) < 4.78 is 0.916. The molecular weight excluding hydrogens is 381 g/mol. The third-order valence-corrected chi connectivity index (χ3v) is 4.74. The highest BCUT2D eigenvalue weighted by molar-refractivity contribution is 9.10. The van der Waals surface area contributed by atoms with Crippen molar-refractivity contribution in [1.82, 2.24) is 15.0 Å². The summed E-state index contributed by atoms with van der Waals surface area (Å²) in [5.41, 5.74) is 2.50. The summed E-state index contributed by atoms with van der Waals surface area (Å²) in [5.74, 6) is 0.652. The van der Waals surface area contributed by atoms with Crippen LogP contribution in [0.1, 0.15) is 5.56 Å². The Hall–Kier alpha value is -0.750. The molecule has 7 heteroatoms. The molecule has 0 aliphatic heterocycles. The monoisotopic (exact) mass is 387 g/mol. The number of nitrogens with zero attached hydrogens (tertiary/aromatic N) is 2. The van der Waals surface area contributed by atoms with Gasteiger partial charge in [-0.1, -0.05) is 41.0 Å². The number of halogens is 3. The van der Waals surface area contributed by atoms with Crippen molar-refractivity contribution in [2.75, 3.05) is 0 Å². The van der Waals surface area contributed by atoms with Gasteiger partial charge in [-0.3, -0.25) is 0 Å². The van der Waals surface area contributed by atoms with Gasteiger partial charge in [-0.25, -0.2) is 9.97 Å². The SMILES string of the molecule is Clc1cccc(Cl)c1CSc1nc2ncc(Br)cc2[nH]1. The number of pyridine rings is 1. The normalized spacial score (nSPS) is 11.2. The summed E-state index contributed by atoms with van der Waals surface area (Å²) in [5, 5.41) is 2.13. The van der Waals surface area contributed by atoms with Crippen LogP contribution in [-0.4, -0.2) is 15.0 Å². The fourth-order valence-electron chi connectivity index (χ4n) is 1.73. The van der Waals surface area contributed by atoms with E-state index < -0.39 is 0 Å². The number of benzene rings is 1. The molecule has 1 aromatic carbocycles.